The summed E-state index contributed by atoms with van der Waals surface area (Å²) in [5.74, 6) is -2.17. The molecule has 0 radical (unpaired) electrons. The molecule has 0 saturated heterocycles. The van der Waals surface area contributed by atoms with Gasteiger partial charge in [0.15, 0.2) is 5.78 Å². The number of carbonyl (C=O) groups excluding carboxylic acids is 1. The van der Waals surface area contributed by atoms with E-state index in [-0.39, 0.29) is 17.8 Å². The molecule has 2 N–H and O–H groups in total. The smallest absolute Gasteiger partial charge is 0.351 e. The lowest BCUT2D eigenvalue weighted by molar-refractivity contribution is 0.100. The monoisotopic (exact) mass is 335 g/mol. The first-order valence-electron chi connectivity index (χ1n) is 6.67. The third-order valence-electron chi connectivity index (χ3n) is 3.21. The molecule has 6 nitrogen and oxygen atoms in total. The van der Waals surface area contributed by atoms with Gasteiger partial charge in [-0.2, -0.15) is 0 Å². The zero-order valence-electron chi connectivity index (χ0n) is 12.5. The second-order valence-corrected chi connectivity index (χ2v) is 5.31. The molecule has 0 amide bonds. The van der Waals surface area contributed by atoms with E-state index in [2.05, 4.69) is 9.41 Å². The van der Waals surface area contributed by atoms with E-state index in [1.54, 1.807) is 24.3 Å². The molecule has 0 aliphatic rings. The second-order valence-electron chi connectivity index (χ2n) is 4.88. The highest BCUT2D eigenvalue weighted by Crippen LogP contribution is 2.28. The molecule has 1 aromatic heterocycles. The van der Waals surface area contributed by atoms with E-state index in [4.69, 9.17) is 11.6 Å². The predicted octanol–water partition coefficient (Wildman–Crippen LogP) is 2.92. The first kappa shape index (κ1) is 16.8. The van der Waals surface area contributed by atoms with Crippen molar-refractivity contribution in [2.75, 3.05) is 0 Å². The lowest BCUT2D eigenvalue weighted by atomic mass is 10.1. The number of ketones is 1. The topological polar surface area (TPSA) is 100 Å². The van der Waals surface area contributed by atoms with Gasteiger partial charge in [0.05, 0.1) is 12.3 Å². The molecule has 0 unspecified atom stereocenters. The van der Waals surface area contributed by atoms with Crippen LogP contribution in [0.5, 0.6) is 11.7 Å². The summed E-state index contributed by atoms with van der Waals surface area (Å²) in [5, 5.41) is 20.2. The van der Waals surface area contributed by atoms with Gasteiger partial charge in [0, 0.05) is 5.02 Å². The highest BCUT2D eigenvalue weighted by Gasteiger charge is 2.23. The van der Waals surface area contributed by atoms with Crippen LogP contribution in [0.3, 0.4) is 0 Å². The van der Waals surface area contributed by atoms with Gasteiger partial charge in [0.1, 0.15) is 16.9 Å². The summed E-state index contributed by atoms with van der Waals surface area (Å²) < 4.78 is 4.59. The normalized spacial score (nSPS) is 11.5. The van der Waals surface area contributed by atoms with Crippen molar-refractivity contribution < 1.29 is 19.4 Å². The molecule has 0 atom stereocenters. The van der Waals surface area contributed by atoms with Crippen LogP contribution in [0.1, 0.15) is 35.3 Å². The third-order valence-corrected chi connectivity index (χ3v) is 3.46. The zero-order valence-corrected chi connectivity index (χ0v) is 13.2. The van der Waals surface area contributed by atoms with E-state index in [0.717, 1.165) is 12.5 Å². The van der Waals surface area contributed by atoms with Gasteiger partial charge in [0.25, 0.3) is 5.95 Å². The van der Waals surface area contributed by atoms with Crippen LogP contribution < -0.4 is 5.63 Å². The fraction of sp³-hybridized carbons (Fsp3) is 0.188. The highest BCUT2D eigenvalue weighted by molar-refractivity contribution is 6.30. The minimum Gasteiger partial charge on any atom is -0.506 e. The SMILES string of the molecule is CC(=O)c1c(O)oc(=O)c(C(C)=NCc2ccc(Cl)cc2)c1O. The van der Waals surface area contributed by atoms with Crippen molar-refractivity contribution in [3.8, 4) is 11.7 Å². The van der Waals surface area contributed by atoms with Crippen molar-refractivity contribution in [1.82, 2.24) is 0 Å². The first-order valence-corrected chi connectivity index (χ1v) is 7.05. The number of aromatic hydroxyl groups is 2. The Labute approximate surface area is 136 Å². The molecule has 1 heterocycles. The van der Waals surface area contributed by atoms with Crippen molar-refractivity contribution in [3.05, 3.63) is 56.4 Å². The van der Waals surface area contributed by atoms with Crippen LogP contribution in [0.25, 0.3) is 0 Å². The molecule has 2 rings (SSSR count). The van der Waals surface area contributed by atoms with E-state index in [9.17, 15) is 19.8 Å². The number of hydrogen-bond donors (Lipinski definition) is 2. The van der Waals surface area contributed by atoms with Crippen LogP contribution in [0.15, 0.2) is 38.5 Å². The van der Waals surface area contributed by atoms with Gasteiger partial charge >= 0.3 is 5.63 Å². The largest absolute Gasteiger partial charge is 0.506 e. The van der Waals surface area contributed by atoms with Gasteiger partial charge in [-0.15, -0.1) is 0 Å². The number of rotatable bonds is 4. The third kappa shape index (κ3) is 3.60. The number of benzene rings is 1. The molecule has 0 saturated carbocycles. The molecule has 120 valence electrons. The maximum atomic E-state index is 11.8. The van der Waals surface area contributed by atoms with Crippen LogP contribution >= 0.6 is 11.6 Å². The van der Waals surface area contributed by atoms with Crippen LogP contribution in [-0.4, -0.2) is 21.7 Å². The molecular weight excluding hydrogens is 322 g/mol. The fourth-order valence-corrected chi connectivity index (χ4v) is 2.15. The molecule has 0 spiro atoms. The van der Waals surface area contributed by atoms with Crippen LogP contribution in [0.4, 0.5) is 0 Å². The molecule has 1 aromatic carbocycles. The average Bonchev–Trinajstić information content (AvgIpc) is 2.45. The van der Waals surface area contributed by atoms with Gasteiger partial charge in [-0.1, -0.05) is 23.7 Å². The van der Waals surface area contributed by atoms with Crippen LogP contribution in [0.2, 0.25) is 5.02 Å². The Morgan fingerprint density at radius 1 is 1.17 bits per heavy atom. The highest BCUT2D eigenvalue weighted by atomic mass is 35.5. The Morgan fingerprint density at radius 2 is 1.78 bits per heavy atom. The molecule has 0 bridgehead atoms. The molecular formula is C16H14ClNO5. The Bertz CT molecular complexity index is 837. The molecule has 2 aromatic rings. The zero-order chi connectivity index (χ0) is 17.1. The van der Waals surface area contributed by atoms with Gasteiger partial charge < -0.3 is 14.6 Å². The summed E-state index contributed by atoms with van der Waals surface area (Å²) in [4.78, 5) is 27.5. The van der Waals surface area contributed by atoms with Crippen molar-refractivity contribution >= 4 is 23.1 Å². The predicted molar refractivity (Wildman–Crippen MR) is 85.7 cm³/mol. The number of nitrogens with zero attached hydrogens (tertiary/aromatic N) is 1. The lowest BCUT2D eigenvalue weighted by Gasteiger charge is -2.07. The van der Waals surface area contributed by atoms with E-state index >= 15 is 0 Å². The molecule has 23 heavy (non-hydrogen) atoms. The summed E-state index contributed by atoms with van der Waals surface area (Å²) in [6.45, 7) is 2.89. The molecule has 0 aliphatic carbocycles. The summed E-state index contributed by atoms with van der Waals surface area (Å²) in [5.41, 5.74) is -0.623. The molecule has 0 aliphatic heterocycles. The summed E-state index contributed by atoms with van der Waals surface area (Å²) >= 11 is 5.80. The molecule has 0 fully saturated rings. The Kier molecular flexibility index (Phi) is 4.86. The average molecular weight is 336 g/mol. The number of Topliss-reactive ketones (excluding diaryl/α,β-unsaturated/α-hetero) is 1. The first-order chi connectivity index (χ1) is 10.8. The minimum atomic E-state index is -0.970. The van der Waals surface area contributed by atoms with Gasteiger partial charge in [0.2, 0.25) is 0 Å². The van der Waals surface area contributed by atoms with E-state index in [1.807, 2.05) is 0 Å². The molecule has 7 heteroatoms. The number of hydrogen-bond acceptors (Lipinski definition) is 6. The maximum Gasteiger partial charge on any atom is 0.351 e. The summed E-state index contributed by atoms with van der Waals surface area (Å²) in [6, 6.07) is 6.97. The van der Waals surface area contributed by atoms with Crippen LogP contribution in [0, 0.1) is 0 Å². The Balaban J connectivity index is 2.42. The van der Waals surface area contributed by atoms with E-state index < -0.39 is 28.7 Å². The van der Waals surface area contributed by atoms with Gasteiger partial charge in [-0.05, 0) is 31.5 Å². The van der Waals surface area contributed by atoms with Crippen molar-refractivity contribution in [3.63, 3.8) is 0 Å². The van der Waals surface area contributed by atoms with Crippen molar-refractivity contribution in [2.24, 2.45) is 4.99 Å². The lowest BCUT2D eigenvalue weighted by Crippen LogP contribution is -2.15. The minimum absolute atomic E-state index is 0.189. The number of halogens is 1. The van der Waals surface area contributed by atoms with Crippen molar-refractivity contribution in [2.45, 2.75) is 20.4 Å². The van der Waals surface area contributed by atoms with Gasteiger partial charge in [-0.3, -0.25) is 9.79 Å². The second kappa shape index (κ2) is 6.66. The quantitative estimate of drug-likeness (QED) is 0.661. The van der Waals surface area contributed by atoms with Crippen LogP contribution in [-0.2, 0) is 6.54 Å². The fourth-order valence-electron chi connectivity index (χ4n) is 2.03. The maximum absolute atomic E-state index is 11.8. The Morgan fingerprint density at radius 3 is 2.35 bits per heavy atom. The van der Waals surface area contributed by atoms with Crippen molar-refractivity contribution in [1.29, 1.82) is 0 Å². The summed E-state index contributed by atoms with van der Waals surface area (Å²) in [7, 11) is 0. The number of carbonyl (C=O) groups is 1. The summed E-state index contributed by atoms with van der Waals surface area (Å²) in [6.07, 6.45) is 0. The van der Waals surface area contributed by atoms with E-state index in [1.165, 1.54) is 6.92 Å². The standard InChI is InChI=1S/C16H14ClNO5/c1-8(18-7-10-3-5-11(17)6-4-10)12-14(20)13(9(2)19)16(22)23-15(12)21/h3-6,20,22H,7H2,1-2H3. The number of aliphatic imine (C=N–C) groups is 1. The van der Waals surface area contributed by atoms with Gasteiger partial charge in [-0.25, -0.2) is 4.79 Å². The van der Waals surface area contributed by atoms with E-state index in [0.29, 0.717) is 5.02 Å². The Hall–Kier alpha value is -2.60.